The van der Waals surface area contributed by atoms with Crippen LogP contribution >= 0.6 is 0 Å². The molecule has 0 spiro atoms. The van der Waals surface area contributed by atoms with Gasteiger partial charge in [0.2, 0.25) is 0 Å². The molecule has 0 amide bonds. The zero-order valence-electron chi connectivity index (χ0n) is 7.98. The first kappa shape index (κ1) is 9.70. The Bertz CT molecular complexity index is 319. The molecule has 0 saturated carbocycles. The maximum Gasteiger partial charge on any atom is 0.356 e. The lowest BCUT2D eigenvalue weighted by atomic mass is 10.2. The van der Waals surface area contributed by atoms with Crippen molar-refractivity contribution in [2.24, 2.45) is 0 Å². The molecule has 1 atom stereocenters. The highest BCUT2D eigenvalue weighted by Gasteiger charge is 2.18. The molecule has 1 aromatic heterocycles. The highest BCUT2D eigenvalue weighted by Crippen LogP contribution is 2.13. The summed E-state index contributed by atoms with van der Waals surface area (Å²) in [6.45, 7) is 5.54. The number of aryl methyl sites for hydroxylation is 1. The second-order valence-corrected chi connectivity index (χ2v) is 3.03. The molecule has 0 bridgehead atoms. The molecule has 0 aliphatic carbocycles. The molecule has 1 unspecified atom stereocenters. The Morgan fingerprint density at radius 2 is 2.31 bits per heavy atom. The van der Waals surface area contributed by atoms with E-state index in [4.69, 9.17) is 5.11 Å². The summed E-state index contributed by atoms with van der Waals surface area (Å²) in [7, 11) is 0. The number of aromatic carboxylic acids is 1. The fourth-order valence-corrected chi connectivity index (χ4v) is 1.11. The van der Waals surface area contributed by atoms with Gasteiger partial charge in [-0.3, -0.25) is 0 Å². The van der Waals surface area contributed by atoms with E-state index in [0.29, 0.717) is 5.69 Å². The smallest absolute Gasteiger partial charge is 0.356 e. The normalized spacial score (nSPS) is 12.8. The van der Waals surface area contributed by atoms with Crippen LogP contribution in [0.1, 0.15) is 42.5 Å². The molecule has 0 fully saturated rings. The average molecular weight is 183 g/mol. The van der Waals surface area contributed by atoms with Gasteiger partial charge in [0.1, 0.15) is 0 Å². The number of carboxylic acid groups (broad SMARTS) is 1. The Labute approximate surface area is 76.4 Å². The Morgan fingerprint density at radius 1 is 1.69 bits per heavy atom. The first-order valence-corrected chi connectivity index (χ1v) is 4.23. The fraction of sp³-hybridized carbons (Fsp3) is 0.625. The predicted molar refractivity (Wildman–Crippen MR) is 46.7 cm³/mol. The Kier molecular flexibility index (Phi) is 2.65. The van der Waals surface area contributed by atoms with Gasteiger partial charge < -0.3 is 5.11 Å². The zero-order valence-corrected chi connectivity index (χ0v) is 7.98. The Balaban J connectivity index is 3.14. The molecule has 1 aromatic rings. The Hall–Kier alpha value is -1.39. The summed E-state index contributed by atoms with van der Waals surface area (Å²) in [5.41, 5.74) is 0.655. The predicted octanol–water partition coefficient (Wildman–Crippen LogP) is 1.26. The van der Waals surface area contributed by atoms with E-state index in [1.165, 1.54) is 4.68 Å². The van der Waals surface area contributed by atoms with Crippen molar-refractivity contribution in [3.63, 3.8) is 0 Å². The van der Waals surface area contributed by atoms with Crippen molar-refractivity contribution in [1.29, 1.82) is 0 Å². The second kappa shape index (κ2) is 3.55. The van der Waals surface area contributed by atoms with E-state index in [-0.39, 0.29) is 11.7 Å². The molecular weight excluding hydrogens is 170 g/mol. The van der Waals surface area contributed by atoms with Gasteiger partial charge in [0.15, 0.2) is 5.69 Å². The van der Waals surface area contributed by atoms with Crippen molar-refractivity contribution >= 4 is 5.97 Å². The van der Waals surface area contributed by atoms with Crippen LogP contribution in [0.2, 0.25) is 0 Å². The standard InChI is InChI=1S/C8H13N3O2/c1-4-5(2)11-7(8(12)13)6(3)9-10-11/h5H,4H2,1-3H3,(H,12,13). The monoisotopic (exact) mass is 183 g/mol. The SMILES string of the molecule is CCC(C)n1nnc(C)c1C(=O)O. The number of hydrogen-bond acceptors (Lipinski definition) is 3. The minimum Gasteiger partial charge on any atom is -0.476 e. The summed E-state index contributed by atoms with van der Waals surface area (Å²) in [6, 6.07) is 0.0762. The molecular formula is C8H13N3O2. The summed E-state index contributed by atoms with van der Waals surface area (Å²) in [4.78, 5) is 10.8. The number of hydrogen-bond donors (Lipinski definition) is 1. The first-order valence-electron chi connectivity index (χ1n) is 4.23. The third kappa shape index (κ3) is 1.68. The van der Waals surface area contributed by atoms with Gasteiger partial charge in [-0.1, -0.05) is 12.1 Å². The van der Waals surface area contributed by atoms with E-state index in [0.717, 1.165) is 6.42 Å². The van der Waals surface area contributed by atoms with Gasteiger partial charge >= 0.3 is 5.97 Å². The van der Waals surface area contributed by atoms with Crippen LogP contribution in [0.25, 0.3) is 0 Å². The van der Waals surface area contributed by atoms with E-state index < -0.39 is 5.97 Å². The van der Waals surface area contributed by atoms with Crippen LogP contribution < -0.4 is 0 Å². The highest BCUT2D eigenvalue weighted by atomic mass is 16.4. The lowest BCUT2D eigenvalue weighted by Gasteiger charge is -2.09. The molecule has 0 saturated heterocycles. The molecule has 0 aliphatic rings. The zero-order chi connectivity index (χ0) is 10.0. The summed E-state index contributed by atoms with van der Waals surface area (Å²) in [6.07, 6.45) is 0.836. The minimum atomic E-state index is -0.970. The number of rotatable bonds is 3. The van der Waals surface area contributed by atoms with Gasteiger partial charge in [0.05, 0.1) is 11.7 Å². The van der Waals surface area contributed by atoms with Crippen LogP contribution in [0, 0.1) is 6.92 Å². The van der Waals surface area contributed by atoms with E-state index in [1.54, 1.807) is 6.92 Å². The molecule has 1 N–H and O–H groups in total. The van der Waals surface area contributed by atoms with Gasteiger partial charge in [-0.25, -0.2) is 9.48 Å². The molecule has 0 aromatic carbocycles. The van der Waals surface area contributed by atoms with Crippen molar-refractivity contribution in [3.05, 3.63) is 11.4 Å². The third-order valence-corrected chi connectivity index (χ3v) is 2.07. The van der Waals surface area contributed by atoms with E-state index >= 15 is 0 Å². The number of aromatic nitrogens is 3. The van der Waals surface area contributed by atoms with Crippen molar-refractivity contribution in [1.82, 2.24) is 15.0 Å². The summed E-state index contributed by atoms with van der Waals surface area (Å²) >= 11 is 0. The molecule has 0 radical (unpaired) electrons. The lowest BCUT2D eigenvalue weighted by molar-refractivity contribution is 0.0679. The molecule has 1 rings (SSSR count). The fourth-order valence-electron chi connectivity index (χ4n) is 1.11. The number of carboxylic acids is 1. The molecule has 0 aliphatic heterocycles. The number of nitrogens with zero attached hydrogens (tertiary/aromatic N) is 3. The maximum atomic E-state index is 10.8. The van der Waals surface area contributed by atoms with Crippen LogP contribution in [0.4, 0.5) is 0 Å². The minimum absolute atomic E-state index is 0.0762. The van der Waals surface area contributed by atoms with E-state index in [2.05, 4.69) is 10.3 Å². The first-order chi connectivity index (χ1) is 6.07. The lowest BCUT2D eigenvalue weighted by Crippen LogP contribution is -2.14. The summed E-state index contributed by atoms with van der Waals surface area (Å²) in [5, 5.41) is 16.4. The van der Waals surface area contributed by atoms with Crippen LogP contribution in [0.5, 0.6) is 0 Å². The third-order valence-electron chi connectivity index (χ3n) is 2.07. The molecule has 13 heavy (non-hydrogen) atoms. The maximum absolute atomic E-state index is 10.8. The van der Waals surface area contributed by atoms with Gasteiger partial charge in [-0.15, -0.1) is 5.10 Å². The highest BCUT2D eigenvalue weighted by molar-refractivity contribution is 5.86. The van der Waals surface area contributed by atoms with Crippen LogP contribution in [-0.4, -0.2) is 26.1 Å². The van der Waals surface area contributed by atoms with Gasteiger partial charge in [0.25, 0.3) is 0 Å². The van der Waals surface area contributed by atoms with Crippen LogP contribution in [-0.2, 0) is 0 Å². The van der Waals surface area contributed by atoms with Gasteiger partial charge in [-0.05, 0) is 20.3 Å². The van der Waals surface area contributed by atoms with E-state index in [9.17, 15) is 4.79 Å². The summed E-state index contributed by atoms with van der Waals surface area (Å²) < 4.78 is 1.46. The quantitative estimate of drug-likeness (QED) is 0.765. The van der Waals surface area contributed by atoms with E-state index in [1.807, 2.05) is 13.8 Å². The Morgan fingerprint density at radius 3 is 2.77 bits per heavy atom. The molecule has 5 heteroatoms. The largest absolute Gasteiger partial charge is 0.476 e. The summed E-state index contributed by atoms with van der Waals surface area (Å²) in [5.74, 6) is -0.970. The van der Waals surface area contributed by atoms with Crippen molar-refractivity contribution in [3.8, 4) is 0 Å². The van der Waals surface area contributed by atoms with Crippen LogP contribution in [0.15, 0.2) is 0 Å². The van der Waals surface area contributed by atoms with Crippen molar-refractivity contribution < 1.29 is 9.90 Å². The van der Waals surface area contributed by atoms with Crippen LogP contribution in [0.3, 0.4) is 0 Å². The molecule has 1 heterocycles. The average Bonchev–Trinajstić information content (AvgIpc) is 2.45. The van der Waals surface area contributed by atoms with Gasteiger partial charge in [0, 0.05) is 0 Å². The second-order valence-electron chi connectivity index (χ2n) is 3.03. The molecule has 5 nitrogen and oxygen atoms in total. The molecule has 72 valence electrons. The topological polar surface area (TPSA) is 68.0 Å². The van der Waals surface area contributed by atoms with Crippen molar-refractivity contribution in [2.45, 2.75) is 33.2 Å². The van der Waals surface area contributed by atoms with Gasteiger partial charge in [-0.2, -0.15) is 0 Å². The number of carbonyl (C=O) groups is 1. The van der Waals surface area contributed by atoms with Crippen molar-refractivity contribution in [2.75, 3.05) is 0 Å².